The van der Waals surface area contributed by atoms with Gasteiger partial charge >= 0.3 is 0 Å². The van der Waals surface area contributed by atoms with E-state index in [9.17, 15) is 9.59 Å². The van der Waals surface area contributed by atoms with Crippen molar-refractivity contribution < 1.29 is 9.59 Å². The van der Waals surface area contributed by atoms with Gasteiger partial charge in [-0.05, 0) is 41.1 Å². The van der Waals surface area contributed by atoms with Gasteiger partial charge in [-0.2, -0.15) is 5.10 Å². The number of hydrogen-bond acceptors (Lipinski definition) is 5. The second-order valence-corrected chi connectivity index (χ2v) is 7.38. The normalized spacial score (nSPS) is 16.8. The predicted molar refractivity (Wildman–Crippen MR) is 99.3 cm³/mol. The van der Waals surface area contributed by atoms with Crippen LogP contribution in [0.2, 0.25) is 0 Å². The SMILES string of the molecule is CC(=O)[C@@H]1CC(C(=O)NCc2cc(Br)cs2)=NN1c1ccccc1. The number of ketones is 1. The molecule has 1 aliphatic heterocycles. The van der Waals surface area contributed by atoms with Crippen molar-refractivity contribution in [1.29, 1.82) is 0 Å². The fourth-order valence-electron chi connectivity index (χ4n) is 2.50. The summed E-state index contributed by atoms with van der Waals surface area (Å²) in [5.41, 5.74) is 1.19. The summed E-state index contributed by atoms with van der Waals surface area (Å²) in [7, 11) is 0. The maximum atomic E-state index is 12.4. The van der Waals surface area contributed by atoms with Gasteiger partial charge in [-0.3, -0.25) is 14.6 Å². The molecule has 0 fully saturated rings. The summed E-state index contributed by atoms with van der Waals surface area (Å²) < 4.78 is 1.00. The number of hydrazone groups is 1. The van der Waals surface area contributed by atoms with Crippen molar-refractivity contribution >= 4 is 50.4 Å². The zero-order valence-corrected chi connectivity index (χ0v) is 15.4. The molecular formula is C17H16BrN3O2S. The maximum Gasteiger partial charge on any atom is 0.267 e. The molecule has 0 spiro atoms. The first-order chi connectivity index (χ1) is 11.5. The highest BCUT2D eigenvalue weighted by Crippen LogP contribution is 2.25. The first-order valence-electron chi connectivity index (χ1n) is 7.48. The van der Waals surface area contributed by atoms with Crippen molar-refractivity contribution in [1.82, 2.24) is 5.32 Å². The van der Waals surface area contributed by atoms with E-state index < -0.39 is 6.04 Å². The number of carbonyl (C=O) groups excluding carboxylic acids is 2. The number of amides is 1. The molecule has 1 aliphatic rings. The summed E-state index contributed by atoms with van der Waals surface area (Å²) in [6, 6.07) is 11.0. The number of carbonyl (C=O) groups is 2. The van der Waals surface area contributed by atoms with Crippen LogP contribution in [0.1, 0.15) is 18.2 Å². The van der Waals surface area contributed by atoms with Gasteiger partial charge in [-0.25, -0.2) is 0 Å². The Morgan fingerprint density at radius 2 is 2.12 bits per heavy atom. The Labute approximate surface area is 152 Å². The van der Waals surface area contributed by atoms with Gasteiger partial charge in [0.15, 0.2) is 5.78 Å². The van der Waals surface area contributed by atoms with E-state index in [-0.39, 0.29) is 11.7 Å². The Balaban J connectivity index is 1.72. The van der Waals surface area contributed by atoms with Crippen molar-refractivity contribution in [3.8, 4) is 0 Å². The molecule has 0 unspecified atom stereocenters. The smallest absolute Gasteiger partial charge is 0.267 e. The third kappa shape index (κ3) is 3.73. The summed E-state index contributed by atoms with van der Waals surface area (Å²) in [5.74, 6) is -0.239. The maximum absolute atomic E-state index is 12.4. The number of hydrogen-bond donors (Lipinski definition) is 1. The zero-order valence-electron chi connectivity index (χ0n) is 13.0. The van der Waals surface area contributed by atoms with Crippen LogP contribution in [-0.2, 0) is 16.1 Å². The lowest BCUT2D eigenvalue weighted by Crippen LogP contribution is -2.34. The molecule has 1 aromatic heterocycles. The molecule has 1 amide bonds. The number of para-hydroxylation sites is 1. The number of rotatable bonds is 5. The van der Waals surface area contributed by atoms with Crippen LogP contribution in [0.3, 0.4) is 0 Å². The van der Waals surface area contributed by atoms with Gasteiger partial charge < -0.3 is 5.32 Å². The number of benzene rings is 1. The van der Waals surface area contributed by atoms with E-state index in [4.69, 9.17) is 0 Å². The minimum atomic E-state index is -0.427. The molecule has 0 aliphatic carbocycles. The van der Waals surface area contributed by atoms with Crippen molar-refractivity contribution in [3.63, 3.8) is 0 Å². The Morgan fingerprint density at radius 3 is 2.75 bits per heavy atom. The lowest BCUT2D eigenvalue weighted by molar-refractivity contribution is -0.118. The van der Waals surface area contributed by atoms with Gasteiger partial charge in [0, 0.05) is 21.2 Å². The third-order valence-electron chi connectivity index (χ3n) is 3.71. The van der Waals surface area contributed by atoms with Gasteiger partial charge in [-0.15, -0.1) is 11.3 Å². The quantitative estimate of drug-likeness (QED) is 0.829. The summed E-state index contributed by atoms with van der Waals surface area (Å²) in [6.07, 6.45) is 0.324. The molecule has 5 nitrogen and oxygen atoms in total. The van der Waals surface area contributed by atoms with Crippen LogP contribution in [0.4, 0.5) is 5.69 Å². The Bertz CT molecular complexity index is 788. The third-order valence-corrected chi connectivity index (χ3v) is 5.41. The largest absolute Gasteiger partial charge is 0.346 e. The fraction of sp³-hybridized carbons (Fsp3) is 0.235. The average molecular weight is 406 g/mol. The van der Waals surface area contributed by atoms with Crippen LogP contribution in [0.15, 0.2) is 51.4 Å². The predicted octanol–water partition coefficient (Wildman–Crippen LogP) is 3.35. The van der Waals surface area contributed by atoms with Crippen molar-refractivity contribution in [2.24, 2.45) is 5.10 Å². The van der Waals surface area contributed by atoms with E-state index in [1.54, 1.807) is 16.3 Å². The van der Waals surface area contributed by atoms with Crippen LogP contribution in [0.5, 0.6) is 0 Å². The molecule has 7 heteroatoms. The Kier molecular flexibility index (Phi) is 5.11. The molecule has 2 heterocycles. The van der Waals surface area contributed by atoms with Crippen LogP contribution >= 0.6 is 27.3 Å². The summed E-state index contributed by atoms with van der Waals surface area (Å²) >= 11 is 4.96. The lowest BCUT2D eigenvalue weighted by Gasteiger charge is -2.20. The molecule has 0 bridgehead atoms. The molecule has 0 radical (unpaired) electrons. The highest BCUT2D eigenvalue weighted by atomic mass is 79.9. The van der Waals surface area contributed by atoms with Gasteiger partial charge in [0.1, 0.15) is 11.8 Å². The summed E-state index contributed by atoms with van der Waals surface area (Å²) in [5, 5.41) is 10.9. The molecule has 1 N–H and O–H groups in total. The molecular weight excluding hydrogens is 390 g/mol. The second-order valence-electron chi connectivity index (χ2n) is 5.47. The van der Waals surface area contributed by atoms with Crippen LogP contribution in [0, 0.1) is 0 Å². The lowest BCUT2D eigenvalue weighted by atomic mass is 10.1. The molecule has 1 atom stereocenters. The highest BCUT2D eigenvalue weighted by Gasteiger charge is 2.33. The monoisotopic (exact) mass is 405 g/mol. The molecule has 0 saturated carbocycles. The average Bonchev–Trinajstić information content (AvgIpc) is 3.20. The topological polar surface area (TPSA) is 61.8 Å². The summed E-state index contributed by atoms with van der Waals surface area (Å²) in [4.78, 5) is 25.4. The fourth-order valence-corrected chi connectivity index (χ4v) is 3.89. The van der Waals surface area contributed by atoms with Crippen LogP contribution < -0.4 is 10.3 Å². The van der Waals surface area contributed by atoms with E-state index >= 15 is 0 Å². The van der Waals surface area contributed by atoms with E-state index in [2.05, 4.69) is 26.3 Å². The van der Waals surface area contributed by atoms with E-state index in [0.717, 1.165) is 15.0 Å². The van der Waals surface area contributed by atoms with Crippen LogP contribution in [-0.4, -0.2) is 23.4 Å². The van der Waals surface area contributed by atoms with E-state index in [0.29, 0.717) is 18.7 Å². The molecule has 2 aromatic rings. The van der Waals surface area contributed by atoms with Crippen LogP contribution in [0.25, 0.3) is 0 Å². The summed E-state index contributed by atoms with van der Waals surface area (Å²) in [6.45, 7) is 1.98. The number of anilines is 1. The second kappa shape index (κ2) is 7.27. The first-order valence-corrected chi connectivity index (χ1v) is 9.15. The first kappa shape index (κ1) is 16.9. The number of nitrogens with zero attached hydrogens (tertiary/aromatic N) is 2. The van der Waals surface area contributed by atoms with Crippen molar-refractivity contribution in [2.75, 3.05) is 5.01 Å². The minimum Gasteiger partial charge on any atom is -0.346 e. The number of halogens is 1. The van der Waals surface area contributed by atoms with Gasteiger partial charge in [-0.1, -0.05) is 18.2 Å². The van der Waals surface area contributed by atoms with E-state index in [1.165, 1.54) is 6.92 Å². The van der Waals surface area contributed by atoms with Gasteiger partial charge in [0.25, 0.3) is 5.91 Å². The molecule has 0 saturated heterocycles. The Morgan fingerprint density at radius 1 is 1.38 bits per heavy atom. The zero-order chi connectivity index (χ0) is 17.1. The molecule has 3 rings (SSSR count). The number of nitrogens with one attached hydrogen (secondary N) is 1. The number of Topliss-reactive ketones (excluding diaryl/α,β-unsaturated/α-hetero) is 1. The van der Waals surface area contributed by atoms with Gasteiger partial charge in [0.05, 0.1) is 12.2 Å². The van der Waals surface area contributed by atoms with Gasteiger partial charge in [0.2, 0.25) is 0 Å². The highest BCUT2D eigenvalue weighted by molar-refractivity contribution is 9.10. The van der Waals surface area contributed by atoms with Crippen molar-refractivity contribution in [2.45, 2.75) is 25.9 Å². The standard InChI is InChI=1S/C17H16BrN3O2S/c1-11(22)16-8-15(20-21(16)13-5-3-2-4-6-13)17(23)19-9-14-7-12(18)10-24-14/h2-7,10,16H,8-9H2,1H3,(H,19,23)/t16-/m0/s1. The number of thiophene rings is 1. The molecule has 1 aromatic carbocycles. The minimum absolute atomic E-state index is 0.00686. The van der Waals surface area contributed by atoms with Crippen molar-refractivity contribution in [3.05, 3.63) is 51.1 Å². The molecule has 24 heavy (non-hydrogen) atoms. The van der Waals surface area contributed by atoms with E-state index in [1.807, 2.05) is 41.8 Å². The molecule has 124 valence electrons. The Hall–Kier alpha value is -1.99.